The van der Waals surface area contributed by atoms with Gasteiger partial charge in [0.05, 0.1) is 5.56 Å². The van der Waals surface area contributed by atoms with Gasteiger partial charge in [0.15, 0.2) is 0 Å². The molecule has 0 aliphatic rings. The molecular formula is C12H14F4N2O. The highest BCUT2D eigenvalue weighted by molar-refractivity contribution is 5.81. The number of hydrogen-bond donors (Lipinski definition) is 2. The molecule has 0 saturated carbocycles. The summed E-state index contributed by atoms with van der Waals surface area (Å²) in [5, 5.41) is 2.69. The first-order chi connectivity index (χ1) is 8.61. The molecule has 0 bridgehead atoms. The molecule has 0 radical (unpaired) electrons. The smallest absolute Gasteiger partial charge is 0.368 e. The van der Waals surface area contributed by atoms with E-state index in [1.54, 1.807) is 13.8 Å². The van der Waals surface area contributed by atoms with E-state index in [1.165, 1.54) is 0 Å². The Bertz CT molecular complexity index is 471. The fourth-order valence-electron chi connectivity index (χ4n) is 1.62. The van der Waals surface area contributed by atoms with Crippen LogP contribution in [0.5, 0.6) is 0 Å². The normalized spacial score (nSPS) is 13.6. The summed E-state index contributed by atoms with van der Waals surface area (Å²) in [4.78, 5) is 11.3. The number of nitrogens with one attached hydrogen (secondary N) is 1. The molecule has 3 nitrogen and oxygen atoms in total. The highest BCUT2D eigenvalue weighted by Crippen LogP contribution is 2.31. The van der Waals surface area contributed by atoms with Gasteiger partial charge in [0.1, 0.15) is 11.9 Å². The van der Waals surface area contributed by atoms with Crippen LogP contribution in [-0.2, 0) is 11.0 Å². The van der Waals surface area contributed by atoms with E-state index in [4.69, 9.17) is 5.73 Å². The van der Waals surface area contributed by atoms with E-state index in [-0.39, 0.29) is 11.6 Å². The number of carbonyl (C=O) groups is 1. The van der Waals surface area contributed by atoms with E-state index in [2.05, 4.69) is 5.32 Å². The van der Waals surface area contributed by atoms with Gasteiger partial charge < -0.3 is 5.73 Å². The van der Waals surface area contributed by atoms with Crippen LogP contribution in [0.25, 0.3) is 0 Å². The van der Waals surface area contributed by atoms with Crippen LogP contribution < -0.4 is 11.1 Å². The molecule has 1 amide bonds. The second kappa shape index (κ2) is 5.56. The molecule has 0 aliphatic heterocycles. The van der Waals surface area contributed by atoms with Gasteiger partial charge in [-0.05, 0) is 37.6 Å². The molecular weight excluding hydrogens is 264 g/mol. The maximum absolute atomic E-state index is 13.2. The number of alkyl halides is 3. The Morgan fingerprint density at radius 2 is 1.84 bits per heavy atom. The first kappa shape index (κ1) is 15.4. The maximum Gasteiger partial charge on any atom is 0.416 e. The van der Waals surface area contributed by atoms with E-state index in [0.717, 1.165) is 6.07 Å². The predicted octanol–water partition coefficient (Wildman–Crippen LogP) is 2.37. The zero-order valence-electron chi connectivity index (χ0n) is 10.4. The molecule has 1 aromatic rings. The molecule has 106 valence electrons. The lowest BCUT2D eigenvalue weighted by atomic mass is 10.0. The molecule has 1 aromatic carbocycles. The third kappa shape index (κ3) is 4.20. The van der Waals surface area contributed by atoms with Crippen molar-refractivity contribution in [2.24, 2.45) is 5.73 Å². The fraction of sp³-hybridized carbons (Fsp3) is 0.417. The van der Waals surface area contributed by atoms with Crippen molar-refractivity contribution < 1.29 is 22.4 Å². The Morgan fingerprint density at radius 3 is 2.26 bits per heavy atom. The highest BCUT2D eigenvalue weighted by Gasteiger charge is 2.32. The summed E-state index contributed by atoms with van der Waals surface area (Å²) in [6.07, 6.45) is -4.68. The summed E-state index contributed by atoms with van der Waals surface area (Å²) in [6.45, 7) is 3.39. The van der Waals surface area contributed by atoms with E-state index >= 15 is 0 Å². The fourth-order valence-corrected chi connectivity index (χ4v) is 1.62. The van der Waals surface area contributed by atoms with Gasteiger partial charge in [0.25, 0.3) is 0 Å². The van der Waals surface area contributed by atoms with Crippen molar-refractivity contribution >= 4 is 5.91 Å². The van der Waals surface area contributed by atoms with Crippen LogP contribution in [0.3, 0.4) is 0 Å². The van der Waals surface area contributed by atoms with Gasteiger partial charge in [0.2, 0.25) is 5.91 Å². The van der Waals surface area contributed by atoms with Crippen LogP contribution in [0.1, 0.15) is 31.0 Å². The molecule has 0 spiro atoms. The molecule has 3 N–H and O–H groups in total. The van der Waals surface area contributed by atoms with Crippen LogP contribution in [-0.4, -0.2) is 11.9 Å². The van der Waals surface area contributed by atoms with E-state index < -0.39 is 29.5 Å². The molecule has 0 heterocycles. The van der Waals surface area contributed by atoms with Gasteiger partial charge in [-0.15, -0.1) is 0 Å². The van der Waals surface area contributed by atoms with E-state index in [9.17, 15) is 22.4 Å². The number of rotatable bonds is 4. The van der Waals surface area contributed by atoms with Gasteiger partial charge in [-0.2, -0.15) is 13.2 Å². The van der Waals surface area contributed by atoms with Gasteiger partial charge in [-0.1, -0.05) is 0 Å². The average molecular weight is 278 g/mol. The Labute approximate surface area is 107 Å². The summed E-state index contributed by atoms with van der Waals surface area (Å²) >= 11 is 0. The Kier molecular flexibility index (Phi) is 4.52. The first-order valence-corrected chi connectivity index (χ1v) is 5.54. The van der Waals surface area contributed by atoms with Crippen molar-refractivity contribution in [3.63, 3.8) is 0 Å². The van der Waals surface area contributed by atoms with E-state index in [1.807, 2.05) is 0 Å². The van der Waals surface area contributed by atoms with Crippen molar-refractivity contribution in [2.75, 3.05) is 0 Å². The molecule has 1 unspecified atom stereocenters. The van der Waals surface area contributed by atoms with Crippen molar-refractivity contribution in [3.8, 4) is 0 Å². The van der Waals surface area contributed by atoms with Gasteiger partial charge in [0, 0.05) is 6.04 Å². The number of primary amides is 1. The topological polar surface area (TPSA) is 55.1 Å². The second-order valence-corrected chi connectivity index (χ2v) is 4.43. The number of carbonyl (C=O) groups excluding carboxylic acids is 1. The predicted molar refractivity (Wildman–Crippen MR) is 61.6 cm³/mol. The summed E-state index contributed by atoms with van der Waals surface area (Å²) in [7, 11) is 0. The molecule has 1 atom stereocenters. The molecule has 0 aliphatic carbocycles. The molecule has 0 saturated heterocycles. The molecule has 1 rings (SSSR count). The van der Waals surface area contributed by atoms with Crippen LogP contribution in [0, 0.1) is 5.82 Å². The highest BCUT2D eigenvalue weighted by atomic mass is 19.4. The zero-order valence-corrected chi connectivity index (χ0v) is 10.4. The Morgan fingerprint density at radius 1 is 1.26 bits per heavy atom. The largest absolute Gasteiger partial charge is 0.416 e. The summed E-state index contributed by atoms with van der Waals surface area (Å²) in [6, 6.07) is 0.581. The van der Waals surface area contributed by atoms with Crippen molar-refractivity contribution in [1.29, 1.82) is 0 Å². The molecule has 0 fully saturated rings. The average Bonchev–Trinajstić information content (AvgIpc) is 2.23. The lowest BCUT2D eigenvalue weighted by Gasteiger charge is -2.20. The molecule has 0 aromatic heterocycles. The number of halogens is 4. The minimum Gasteiger partial charge on any atom is -0.368 e. The SMILES string of the molecule is CC(C)NC(C(N)=O)c1cc(F)cc(C(F)(F)F)c1. The van der Waals surface area contributed by atoms with Crippen LogP contribution >= 0.6 is 0 Å². The first-order valence-electron chi connectivity index (χ1n) is 5.54. The standard InChI is InChI=1S/C12H14F4N2O/c1-6(2)18-10(11(17)19)7-3-8(12(14,15)16)5-9(13)4-7/h3-6,10,18H,1-2H3,(H2,17,19). The Balaban J connectivity index is 3.24. The minimum atomic E-state index is -4.68. The number of nitrogens with two attached hydrogens (primary N) is 1. The van der Waals surface area contributed by atoms with Gasteiger partial charge >= 0.3 is 6.18 Å². The van der Waals surface area contributed by atoms with Crippen molar-refractivity contribution in [3.05, 3.63) is 35.1 Å². The number of hydrogen-bond acceptors (Lipinski definition) is 2. The van der Waals surface area contributed by atoms with Crippen molar-refractivity contribution in [2.45, 2.75) is 32.1 Å². The van der Waals surface area contributed by atoms with Crippen molar-refractivity contribution in [1.82, 2.24) is 5.32 Å². The summed E-state index contributed by atoms with van der Waals surface area (Å²) < 4.78 is 51.0. The van der Waals surface area contributed by atoms with Crippen LogP contribution in [0.2, 0.25) is 0 Å². The maximum atomic E-state index is 13.2. The number of amides is 1. The summed E-state index contributed by atoms with van der Waals surface area (Å²) in [5.74, 6) is -1.94. The number of benzene rings is 1. The van der Waals surface area contributed by atoms with Crippen LogP contribution in [0.15, 0.2) is 18.2 Å². The Hall–Kier alpha value is -1.63. The molecule has 7 heteroatoms. The lowest BCUT2D eigenvalue weighted by Crippen LogP contribution is -2.37. The monoisotopic (exact) mass is 278 g/mol. The van der Waals surface area contributed by atoms with Crippen LogP contribution in [0.4, 0.5) is 17.6 Å². The van der Waals surface area contributed by atoms with Gasteiger partial charge in [-0.25, -0.2) is 4.39 Å². The lowest BCUT2D eigenvalue weighted by molar-refractivity contribution is -0.138. The molecule has 19 heavy (non-hydrogen) atoms. The minimum absolute atomic E-state index is 0.145. The van der Waals surface area contributed by atoms with Gasteiger partial charge in [-0.3, -0.25) is 10.1 Å². The quantitative estimate of drug-likeness (QED) is 0.831. The zero-order chi connectivity index (χ0) is 14.8. The second-order valence-electron chi connectivity index (χ2n) is 4.43. The van der Waals surface area contributed by atoms with E-state index in [0.29, 0.717) is 12.1 Å². The summed E-state index contributed by atoms with van der Waals surface area (Å²) in [5.41, 5.74) is 3.82. The third-order valence-corrected chi connectivity index (χ3v) is 2.37. The third-order valence-electron chi connectivity index (χ3n) is 2.37.